The molecule has 0 atom stereocenters. The van der Waals surface area contributed by atoms with Crippen molar-refractivity contribution in [2.24, 2.45) is 0 Å². The van der Waals surface area contributed by atoms with Gasteiger partial charge >= 0.3 is 0 Å². The molecular weight excluding hydrogens is 362 g/mol. The fourth-order valence-corrected chi connectivity index (χ4v) is 3.93. The topological polar surface area (TPSA) is 33.1 Å². The first kappa shape index (κ1) is 16.9. The summed E-state index contributed by atoms with van der Waals surface area (Å²) in [7, 11) is 0. The Morgan fingerprint density at radius 3 is 2.07 bits per heavy atom. The van der Waals surface area contributed by atoms with Crippen LogP contribution < -0.4 is 0 Å². The van der Waals surface area contributed by atoms with E-state index in [4.69, 9.17) is 17.2 Å². The zero-order valence-corrected chi connectivity index (χ0v) is 16.5. The first-order valence-electron chi connectivity index (χ1n) is 9.29. The van der Waals surface area contributed by atoms with Crippen molar-refractivity contribution in [2.45, 2.75) is 13.8 Å². The van der Waals surface area contributed by atoms with Gasteiger partial charge in [-0.1, -0.05) is 71.8 Å². The number of hydrogen-bond acceptors (Lipinski definition) is 2. The zero-order valence-electron chi connectivity index (χ0n) is 15.7. The van der Waals surface area contributed by atoms with E-state index in [2.05, 4.69) is 77.8 Å². The second-order valence-electron chi connectivity index (χ2n) is 7.18. The van der Waals surface area contributed by atoms with Crippen molar-refractivity contribution in [1.82, 2.24) is 14.4 Å². The molecule has 0 aliphatic carbocycles. The quantitative estimate of drug-likeness (QED) is 0.354. The minimum absolute atomic E-state index is 0.648. The predicted molar refractivity (Wildman–Crippen MR) is 118 cm³/mol. The molecule has 2 aromatic heterocycles. The Morgan fingerprint density at radius 1 is 0.786 bits per heavy atom. The van der Waals surface area contributed by atoms with Gasteiger partial charge in [0.1, 0.15) is 5.65 Å². The van der Waals surface area contributed by atoms with Crippen LogP contribution in [0, 0.1) is 18.6 Å². The van der Waals surface area contributed by atoms with Gasteiger partial charge in [-0.3, -0.25) is 4.40 Å². The molecule has 1 N–H and O–H groups in total. The normalized spacial score (nSPS) is 11.4. The van der Waals surface area contributed by atoms with Crippen molar-refractivity contribution < 1.29 is 0 Å². The molecule has 0 bridgehead atoms. The molecule has 0 saturated heterocycles. The van der Waals surface area contributed by atoms with Gasteiger partial charge in [0.05, 0.1) is 16.9 Å². The van der Waals surface area contributed by atoms with E-state index in [1.54, 1.807) is 0 Å². The second-order valence-corrected chi connectivity index (χ2v) is 7.56. The van der Waals surface area contributed by atoms with Gasteiger partial charge in [0.25, 0.3) is 0 Å². The lowest BCUT2D eigenvalue weighted by Gasteiger charge is -2.08. The number of aryl methyl sites for hydroxylation is 2. The molecule has 0 aliphatic heterocycles. The molecule has 0 aliphatic rings. The maximum Gasteiger partial charge on any atom is 0.183 e. The molecule has 136 valence electrons. The summed E-state index contributed by atoms with van der Waals surface area (Å²) in [5.74, 6) is 0. The summed E-state index contributed by atoms with van der Waals surface area (Å²) >= 11 is 5.75. The van der Waals surface area contributed by atoms with E-state index in [0.29, 0.717) is 4.77 Å². The van der Waals surface area contributed by atoms with Crippen LogP contribution in [0.3, 0.4) is 0 Å². The van der Waals surface area contributed by atoms with Gasteiger partial charge in [0.2, 0.25) is 0 Å². The number of hydrogen-bond donors (Lipinski definition) is 1. The molecule has 28 heavy (non-hydrogen) atoms. The first-order valence-corrected chi connectivity index (χ1v) is 9.70. The summed E-state index contributed by atoms with van der Waals surface area (Å²) in [4.78, 5) is 8.44. The van der Waals surface area contributed by atoms with E-state index in [9.17, 15) is 0 Å². The van der Waals surface area contributed by atoms with E-state index in [1.807, 2.05) is 18.2 Å². The fourth-order valence-electron chi connectivity index (χ4n) is 3.65. The summed E-state index contributed by atoms with van der Waals surface area (Å²) in [5, 5.41) is 1.06. The molecule has 2 heterocycles. The van der Waals surface area contributed by atoms with Gasteiger partial charge in [0.15, 0.2) is 4.77 Å². The van der Waals surface area contributed by atoms with Gasteiger partial charge < -0.3 is 4.98 Å². The summed E-state index contributed by atoms with van der Waals surface area (Å²) in [6.07, 6.45) is 0. The number of imidazole rings is 1. The highest BCUT2D eigenvalue weighted by Gasteiger charge is 2.18. The summed E-state index contributed by atoms with van der Waals surface area (Å²) < 4.78 is 2.72. The van der Waals surface area contributed by atoms with Gasteiger partial charge in [-0.25, -0.2) is 4.98 Å². The molecule has 4 heteroatoms. The van der Waals surface area contributed by atoms with E-state index < -0.39 is 0 Å². The highest BCUT2D eigenvalue weighted by Crippen LogP contribution is 2.35. The predicted octanol–water partition coefficient (Wildman–Crippen LogP) is 6.50. The Bertz CT molecular complexity index is 1370. The van der Waals surface area contributed by atoms with Crippen LogP contribution in [0.4, 0.5) is 0 Å². The van der Waals surface area contributed by atoms with Crippen LogP contribution in [-0.2, 0) is 0 Å². The maximum atomic E-state index is 5.75. The van der Waals surface area contributed by atoms with Gasteiger partial charge in [0, 0.05) is 16.5 Å². The van der Waals surface area contributed by atoms with Crippen molar-refractivity contribution in [3.8, 4) is 22.5 Å². The highest BCUT2D eigenvalue weighted by atomic mass is 32.1. The number of fused-ring (bicyclic) bond motifs is 3. The van der Waals surface area contributed by atoms with Crippen molar-refractivity contribution >= 4 is 28.8 Å². The van der Waals surface area contributed by atoms with Gasteiger partial charge in [-0.15, -0.1) is 0 Å². The largest absolute Gasteiger partial charge is 0.331 e. The van der Waals surface area contributed by atoms with E-state index in [0.717, 1.165) is 39.1 Å². The third-order valence-electron chi connectivity index (χ3n) is 5.14. The Hall–Kier alpha value is -3.24. The Balaban J connectivity index is 1.94. The number of nitrogens with one attached hydrogen (secondary N) is 1. The lowest BCUT2D eigenvalue weighted by molar-refractivity contribution is 1.09. The monoisotopic (exact) mass is 381 g/mol. The number of aromatic nitrogens is 3. The van der Waals surface area contributed by atoms with Crippen LogP contribution in [0.2, 0.25) is 0 Å². The molecule has 3 aromatic carbocycles. The number of rotatable bonds is 2. The van der Waals surface area contributed by atoms with Crippen molar-refractivity contribution in [2.75, 3.05) is 0 Å². The molecule has 0 amide bonds. The molecule has 0 spiro atoms. The summed E-state index contributed by atoms with van der Waals surface area (Å²) in [5.41, 5.74) is 8.48. The lowest BCUT2D eigenvalue weighted by Crippen LogP contribution is -1.95. The van der Waals surface area contributed by atoms with E-state index in [-0.39, 0.29) is 0 Å². The SMILES string of the molecule is Cc1ccc(-c2nc3c4ccccc4[nH]c(=S)n3c2-c2ccc(C)cc2)cc1. The molecule has 0 radical (unpaired) electrons. The van der Waals surface area contributed by atoms with E-state index >= 15 is 0 Å². The second kappa shape index (κ2) is 6.43. The van der Waals surface area contributed by atoms with Crippen LogP contribution in [0.15, 0.2) is 72.8 Å². The van der Waals surface area contributed by atoms with Gasteiger partial charge in [-0.05, 0) is 38.2 Å². The Morgan fingerprint density at radius 2 is 1.39 bits per heavy atom. The standard InChI is InChI=1S/C24H19N3S/c1-15-7-11-17(12-8-15)21-22(18-13-9-16(2)10-14-18)27-23(26-21)19-5-3-4-6-20(19)25-24(27)28/h3-14H,1-2H3,(H,25,28). The maximum absolute atomic E-state index is 5.75. The molecular formula is C24H19N3S. The zero-order chi connectivity index (χ0) is 19.3. The van der Waals surface area contributed by atoms with Crippen molar-refractivity contribution in [3.05, 3.63) is 88.7 Å². The smallest absolute Gasteiger partial charge is 0.183 e. The van der Waals surface area contributed by atoms with Gasteiger partial charge in [-0.2, -0.15) is 0 Å². The fraction of sp³-hybridized carbons (Fsp3) is 0.0833. The molecule has 0 fully saturated rings. The molecule has 0 unspecified atom stereocenters. The van der Waals surface area contributed by atoms with Crippen molar-refractivity contribution in [3.63, 3.8) is 0 Å². The Labute approximate surface area is 168 Å². The minimum atomic E-state index is 0.648. The molecule has 5 rings (SSSR count). The summed E-state index contributed by atoms with van der Waals surface area (Å²) in [6.45, 7) is 4.19. The Kier molecular flexibility index (Phi) is 3.88. The van der Waals surface area contributed by atoms with Crippen molar-refractivity contribution in [1.29, 1.82) is 0 Å². The third-order valence-corrected chi connectivity index (χ3v) is 5.42. The summed E-state index contributed by atoms with van der Waals surface area (Å²) in [6, 6.07) is 25.2. The van der Waals surface area contributed by atoms with Crippen LogP contribution >= 0.6 is 12.2 Å². The molecule has 5 aromatic rings. The average Bonchev–Trinajstić information content (AvgIpc) is 3.11. The lowest BCUT2D eigenvalue weighted by atomic mass is 10.0. The highest BCUT2D eigenvalue weighted by molar-refractivity contribution is 7.71. The first-order chi connectivity index (χ1) is 13.6. The number of nitrogens with zero attached hydrogens (tertiary/aromatic N) is 2. The van der Waals surface area contributed by atoms with Crippen LogP contribution in [-0.4, -0.2) is 14.4 Å². The van der Waals surface area contributed by atoms with Crippen LogP contribution in [0.1, 0.15) is 11.1 Å². The number of H-pyrrole nitrogens is 1. The average molecular weight is 382 g/mol. The van der Waals surface area contributed by atoms with Crippen LogP contribution in [0.5, 0.6) is 0 Å². The molecule has 3 nitrogen and oxygen atoms in total. The number of aromatic amines is 1. The van der Waals surface area contributed by atoms with E-state index in [1.165, 1.54) is 11.1 Å². The number of benzene rings is 3. The third kappa shape index (κ3) is 2.65. The van der Waals surface area contributed by atoms with Crippen LogP contribution in [0.25, 0.3) is 39.1 Å². The molecule has 0 saturated carbocycles. The number of para-hydroxylation sites is 1. The minimum Gasteiger partial charge on any atom is -0.331 e.